The fourth-order valence-electron chi connectivity index (χ4n) is 2.66. The Kier molecular flexibility index (Phi) is 7.29. The minimum absolute atomic E-state index is 0. The highest BCUT2D eigenvalue weighted by molar-refractivity contribution is 9.10. The van der Waals surface area contributed by atoms with Gasteiger partial charge in [-0.25, -0.2) is 4.39 Å². The largest absolute Gasteiger partial charge is 0.319 e. The van der Waals surface area contributed by atoms with Crippen LogP contribution in [-0.2, 0) is 6.54 Å². The van der Waals surface area contributed by atoms with Crippen LogP contribution in [0.15, 0.2) is 22.7 Å². The number of nitrogens with one attached hydrogen (secondary N) is 1. The molecule has 1 saturated heterocycles. The van der Waals surface area contributed by atoms with Gasteiger partial charge in [-0.05, 0) is 57.1 Å². The molecule has 1 aromatic carbocycles. The van der Waals surface area contributed by atoms with Gasteiger partial charge < -0.3 is 5.32 Å². The highest BCUT2D eigenvalue weighted by atomic mass is 79.9. The van der Waals surface area contributed by atoms with Crippen molar-refractivity contribution in [1.82, 2.24) is 10.2 Å². The lowest BCUT2D eigenvalue weighted by Gasteiger charge is -2.32. The first-order valence-electron chi connectivity index (χ1n) is 6.50. The molecule has 1 unspecified atom stereocenters. The molecule has 1 aromatic rings. The average molecular weight is 352 g/mol. The molecule has 108 valence electrons. The van der Waals surface area contributed by atoms with Crippen LogP contribution < -0.4 is 5.32 Å². The summed E-state index contributed by atoms with van der Waals surface area (Å²) in [5.41, 5.74) is 0.787. The minimum atomic E-state index is -0.103. The Hall–Kier alpha value is -0.160. The van der Waals surface area contributed by atoms with Gasteiger partial charge in [0.2, 0.25) is 0 Å². The molecule has 0 bridgehead atoms. The molecular formula is C14H21BrClFN2. The zero-order valence-corrected chi connectivity index (χ0v) is 13.6. The van der Waals surface area contributed by atoms with Crippen molar-refractivity contribution in [3.8, 4) is 0 Å². The van der Waals surface area contributed by atoms with Crippen LogP contribution in [0.5, 0.6) is 0 Å². The predicted octanol–water partition coefficient (Wildman–Crippen LogP) is 3.44. The molecule has 2 rings (SSSR count). The van der Waals surface area contributed by atoms with E-state index in [4.69, 9.17) is 0 Å². The van der Waals surface area contributed by atoms with E-state index in [1.807, 2.05) is 13.1 Å². The van der Waals surface area contributed by atoms with Crippen LogP contribution in [0, 0.1) is 11.7 Å². The summed E-state index contributed by atoms with van der Waals surface area (Å²) in [6.07, 6.45) is 2.49. The summed E-state index contributed by atoms with van der Waals surface area (Å²) >= 11 is 3.40. The maximum absolute atomic E-state index is 13.7. The third-order valence-electron chi connectivity index (χ3n) is 3.50. The molecule has 1 aliphatic heterocycles. The highest BCUT2D eigenvalue weighted by Crippen LogP contribution is 2.21. The highest BCUT2D eigenvalue weighted by Gasteiger charge is 2.20. The summed E-state index contributed by atoms with van der Waals surface area (Å²) in [6.45, 7) is 3.90. The van der Waals surface area contributed by atoms with E-state index in [-0.39, 0.29) is 18.2 Å². The summed E-state index contributed by atoms with van der Waals surface area (Å²) < 4.78 is 14.7. The van der Waals surface area contributed by atoms with Gasteiger partial charge >= 0.3 is 0 Å². The number of nitrogens with zero attached hydrogens (tertiary/aromatic N) is 1. The standard InChI is InChI=1S/C14H20BrFN2.ClH/c1-17-8-11-3-2-6-18(9-11)10-12-7-13(15)4-5-14(12)16;/h4-5,7,11,17H,2-3,6,8-10H2,1H3;1H. The van der Waals surface area contributed by atoms with Crippen molar-refractivity contribution in [2.24, 2.45) is 5.92 Å². The molecule has 0 aromatic heterocycles. The van der Waals surface area contributed by atoms with Crippen LogP contribution in [0.4, 0.5) is 4.39 Å². The molecular weight excluding hydrogens is 331 g/mol. The summed E-state index contributed by atoms with van der Waals surface area (Å²) in [4.78, 5) is 2.36. The topological polar surface area (TPSA) is 15.3 Å². The third-order valence-corrected chi connectivity index (χ3v) is 3.99. The number of benzene rings is 1. The zero-order chi connectivity index (χ0) is 13.0. The normalized spacial score (nSPS) is 20.1. The Balaban J connectivity index is 0.00000180. The van der Waals surface area contributed by atoms with Gasteiger partial charge in [-0.15, -0.1) is 12.4 Å². The van der Waals surface area contributed by atoms with Gasteiger partial charge in [-0.3, -0.25) is 4.90 Å². The first-order valence-corrected chi connectivity index (χ1v) is 7.29. The van der Waals surface area contributed by atoms with E-state index in [1.54, 1.807) is 6.07 Å². The molecule has 0 spiro atoms. The fraction of sp³-hybridized carbons (Fsp3) is 0.571. The van der Waals surface area contributed by atoms with E-state index in [0.717, 1.165) is 29.7 Å². The predicted molar refractivity (Wildman–Crippen MR) is 83.3 cm³/mol. The second kappa shape index (κ2) is 8.20. The Morgan fingerprint density at radius 1 is 1.47 bits per heavy atom. The first kappa shape index (κ1) is 16.9. The van der Waals surface area contributed by atoms with Crippen LogP contribution in [-0.4, -0.2) is 31.6 Å². The molecule has 2 nitrogen and oxygen atoms in total. The van der Waals surface area contributed by atoms with Gasteiger partial charge in [0, 0.05) is 23.1 Å². The number of halogens is 3. The maximum atomic E-state index is 13.7. The Morgan fingerprint density at radius 2 is 2.26 bits per heavy atom. The van der Waals surface area contributed by atoms with E-state index in [9.17, 15) is 4.39 Å². The molecule has 5 heteroatoms. The first-order chi connectivity index (χ1) is 8.69. The molecule has 0 radical (unpaired) electrons. The zero-order valence-electron chi connectivity index (χ0n) is 11.2. The summed E-state index contributed by atoms with van der Waals surface area (Å²) in [5, 5.41) is 3.23. The molecule has 1 aliphatic rings. The van der Waals surface area contributed by atoms with Crippen LogP contribution in [0.1, 0.15) is 18.4 Å². The number of piperidine rings is 1. The molecule has 0 saturated carbocycles. The van der Waals surface area contributed by atoms with Crippen molar-refractivity contribution in [2.75, 3.05) is 26.7 Å². The molecule has 19 heavy (non-hydrogen) atoms. The van der Waals surface area contributed by atoms with Gasteiger partial charge in [0.1, 0.15) is 5.82 Å². The van der Waals surface area contributed by atoms with E-state index in [0.29, 0.717) is 12.5 Å². The van der Waals surface area contributed by atoms with E-state index >= 15 is 0 Å². The Bertz CT molecular complexity index is 401. The second-order valence-corrected chi connectivity index (χ2v) is 5.95. The van der Waals surface area contributed by atoms with Gasteiger partial charge in [-0.1, -0.05) is 15.9 Å². The maximum Gasteiger partial charge on any atom is 0.127 e. The van der Waals surface area contributed by atoms with Gasteiger partial charge in [0.05, 0.1) is 0 Å². The van der Waals surface area contributed by atoms with Crippen molar-refractivity contribution in [2.45, 2.75) is 19.4 Å². The van der Waals surface area contributed by atoms with Crippen LogP contribution in [0.2, 0.25) is 0 Å². The third kappa shape index (κ3) is 5.03. The lowest BCUT2D eigenvalue weighted by Crippen LogP contribution is -2.38. The Morgan fingerprint density at radius 3 is 3.00 bits per heavy atom. The van der Waals surface area contributed by atoms with Crippen molar-refractivity contribution in [3.05, 3.63) is 34.1 Å². The van der Waals surface area contributed by atoms with Crippen molar-refractivity contribution >= 4 is 28.3 Å². The van der Waals surface area contributed by atoms with Crippen LogP contribution in [0.25, 0.3) is 0 Å². The second-order valence-electron chi connectivity index (χ2n) is 5.04. The van der Waals surface area contributed by atoms with Crippen LogP contribution in [0.3, 0.4) is 0 Å². The molecule has 1 N–H and O–H groups in total. The smallest absolute Gasteiger partial charge is 0.127 e. The van der Waals surface area contributed by atoms with Crippen molar-refractivity contribution < 1.29 is 4.39 Å². The minimum Gasteiger partial charge on any atom is -0.319 e. The van der Waals surface area contributed by atoms with E-state index in [2.05, 4.69) is 26.1 Å². The molecule has 0 aliphatic carbocycles. The quantitative estimate of drug-likeness (QED) is 0.894. The SMILES string of the molecule is CNCC1CCCN(Cc2cc(Br)ccc2F)C1.Cl. The van der Waals surface area contributed by atoms with Gasteiger partial charge in [0.15, 0.2) is 0 Å². The lowest BCUT2D eigenvalue weighted by molar-refractivity contribution is 0.165. The number of rotatable bonds is 4. The molecule has 1 heterocycles. The summed E-state index contributed by atoms with van der Waals surface area (Å²) in [6, 6.07) is 5.17. The summed E-state index contributed by atoms with van der Waals surface area (Å²) in [5.74, 6) is 0.591. The Labute approximate surface area is 129 Å². The van der Waals surface area contributed by atoms with E-state index < -0.39 is 0 Å². The average Bonchev–Trinajstić information content (AvgIpc) is 2.35. The monoisotopic (exact) mass is 350 g/mol. The molecule has 0 amide bonds. The lowest BCUT2D eigenvalue weighted by atomic mass is 9.97. The molecule has 1 atom stereocenters. The van der Waals surface area contributed by atoms with Gasteiger partial charge in [-0.2, -0.15) is 0 Å². The number of hydrogen-bond acceptors (Lipinski definition) is 2. The van der Waals surface area contributed by atoms with Crippen molar-refractivity contribution in [3.63, 3.8) is 0 Å². The van der Waals surface area contributed by atoms with E-state index in [1.165, 1.54) is 18.9 Å². The fourth-order valence-corrected chi connectivity index (χ4v) is 3.06. The number of likely N-dealkylation sites (tertiary alicyclic amines) is 1. The molecule has 1 fully saturated rings. The summed E-state index contributed by atoms with van der Waals surface area (Å²) in [7, 11) is 1.99. The van der Waals surface area contributed by atoms with Gasteiger partial charge in [0.25, 0.3) is 0 Å². The number of hydrogen-bond donors (Lipinski definition) is 1. The van der Waals surface area contributed by atoms with Crippen molar-refractivity contribution in [1.29, 1.82) is 0 Å². The van der Waals surface area contributed by atoms with Crippen LogP contribution >= 0.6 is 28.3 Å².